The van der Waals surface area contributed by atoms with Crippen LogP contribution in [0.3, 0.4) is 0 Å². The lowest BCUT2D eigenvalue weighted by atomic mass is 9.86. The average molecular weight is 228 g/mol. The monoisotopic (exact) mass is 228 g/mol. The van der Waals surface area contributed by atoms with Gasteiger partial charge in [0.1, 0.15) is 0 Å². The number of methoxy groups -OCH3 is 1. The van der Waals surface area contributed by atoms with Crippen LogP contribution in [-0.2, 0) is 0 Å². The van der Waals surface area contributed by atoms with Crippen molar-refractivity contribution in [2.75, 3.05) is 7.11 Å². The van der Waals surface area contributed by atoms with Crippen LogP contribution >= 0.6 is 0 Å². The van der Waals surface area contributed by atoms with Gasteiger partial charge in [-0.1, -0.05) is 19.1 Å². The lowest BCUT2D eigenvalue weighted by Gasteiger charge is -2.20. The Balaban J connectivity index is 2.42. The number of aryl methyl sites for hydroxylation is 1. The number of furan rings is 1. The standard InChI is InChI=1S/C15H16O2/c1-9-5-4-6-11-12(9)7-13-10(2)8-17-15(13)14(11)16-3/h4,6-9H,5H2,1-3H3. The molecule has 0 N–H and O–H groups in total. The highest BCUT2D eigenvalue weighted by atomic mass is 16.5. The first kappa shape index (κ1) is 10.5. The summed E-state index contributed by atoms with van der Waals surface area (Å²) in [5.74, 6) is 1.41. The van der Waals surface area contributed by atoms with Crippen molar-refractivity contribution in [3.63, 3.8) is 0 Å². The molecule has 17 heavy (non-hydrogen) atoms. The third kappa shape index (κ3) is 1.40. The average Bonchev–Trinajstić information content (AvgIpc) is 2.69. The van der Waals surface area contributed by atoms with Gasteiger partial charge >= 0.3 is 0 Å². The van der Waals surface area contributed by atoms with E-state index < -0.39 is 0 Å². The Morgan fingerprint density at radius 2 is 2.24 bits per heavy atom. The SMILES string of the molecule is COc1c2c(cc3c(C)coc13)C(C)CC=C2. The molecule has 3 rings (SSSR count). The van der Waals surface area contributed by atoms with Gasteiger partial charge in [-0.3, -0.25) is 0 Å². The number of allylic oxidation sites excluding steroid dienone is 1. The van der Waals surface area contributed by atoms with Gasteiger partial charge in [0.15, 0.2) is 11.3 Å². The van der Waals surface area contributed by atoms with Gasteiger partial charge in [-0.05, 0) is 36.5 Å². The number of benzene rings is 1. The van der Waals surface area contributed by atoms with Crippen molar-refractivity contribution in [1.82, 2.24) is 0 Å². The quantitative estimate of drug-likeness (QED) is 0.727. The second kappa shape index (κ2) is 3.66. The fraction of sp³-hybridized carbons (Fsp3) is 0.333. The Morgan fingerprint density at radius 1 is 1.41 bits per heavy atom. The van der Waals surface area contributed by atoms with Gasteiger partial charge in [-0.25, -0.2) is 0 Å². The number of hydrogen-bond donors (Lipinski definition) is 0. The van der Waals surface area contributed by atoms with Crippen LogP contribution in [0.5, 0.6) is 5.75 Å². The Hall–Kier alpha value is -1.70. The first-order chi connectivity index (χ1) is 8.22. The molecule has 0 bridgehead atoms. The molecule has 2 nitrogen and oxygen atoms in total. The largest absolute Gasteiger partial charge is 0.492 e. The molecule has 0 saturated heterocycles. The van der Waals surface area contributed by atoms with Crippen molar-refractivity contribution in [2.45, 2.75) is 26.2 Å². The van der Waals surface area contributed by atoms with Crippen LogP contribution in [0.15, 0.2) is 22.8 Å². The van der Waals surface area contributed by atoms with Gasteiger partial charge in [0.25, 0.3) is 0 Å². The van der Waals surface area contributed by atoms with Gasteiger partial charge in [-0.2, -0.15) is 0 Å². The van der Waals surface area contributed by atoms with E-state index >= 15 is 0 Å². The van der Waals surface area contributed by atoms with E-state index in [1.165, 1.54) is 22.1 Å². The summed E-state index contributed by atoms with van der Waals surface area (Å²) in [5, 5.41) is 1.17. The number of rotatable bonds is 1. The van der Waals surface area contributed by atoms with Crippen molar-refractivity contribution in [2.24, 2.45) is 0 Å². The van der Waals surface area contributed by atoms with Gasteiger partial charge < -0.3 is 9.15 Å². The van der Waals surface area contributed by atoms with Crippen LogP contribution in [0.25, 0.3) is 17.0 Å². The molecular weight excluding hydrogens is 212 g/mol. The smallest absolute Gasteiger partial charge is 0.176 e. The van der Waals surface area contributed by atoms with Gasteiger partial charge in [-0.15, -0.1) is 0 Å². The van der Waals surface area contributed by atoms with Crippen molar-refractivity contribution in [3.8, 4) is 5.75 Å². The van der Waals surface area contributed by atoms with Crippen molar-refractivity contribution in [3.05, 3.63) is 35.1 Å². The van der Waals surface area contributed by atoms with Gasteiger partial charge in [0.05, 0.1) is 13.4 Å². The summed E-state index contributed by atoms with van der Waals surface area (Å²) in [6.45, 7) is 4.32. The molecular formula is C15H16O2. The second-order valence-corrected chi connectivity index (χ2v) is 4.75. The van der Waals surface area contributed by atoms with E-state index in [0.29, 0.717) is 5.92 Å². The van der Waals surface area contributed by atoms with Crippen molar-refractivity contribution < 1.29 is 9.15 Å². The molecule has 0 radical (unpaired) electrons. The second-order valence-electron chi connectivity index (χ2n) is 4.75. The molecule has 0 amide bonds. The maximum Gasteiger partial charge on any atom is 0.176 e. The summed E-state index contributed by atoms with van der Waals surface area (Å²) in [4.78, 5) is 0. The topological polar surface area (TPSA) is 22.4 Å². The molecule has 1 aliphatic carbocycles. The Morgan fingerprint density at radius 3 is 3.00 bits per heavy atom. The summed E-state index contributed by atoms with van der Waals surface area (Å²) >= 11 is 0. The summed E-state index contributed by atoms with van der Waals surface area (Å²) in [6, 6.07) is 2.25. The van der Waals surface area contributed by atoms with E-state index in [1.807, 2.05) is 0 Å². The highest BCUT2D eigenvalue weighted by Crippen LogP contribution is 2.41. The van der Waals surface area contributed by atoms with E-state index in [4.69, 9.17) is 9.15 Å². The molecule has 2 heteroatoms. The highest BCUT2D eigenvalue weighted by Gasteiger charge is 2.21. The van der Waals surface area contributed by atoms with Crippen LogP contribution < -0.4 is 4.74 Å². The van der Waals surface area contributed by atoms with Gasteiger partial charge in [0, 0.05) is 10.9 Å². The number of ether oxygens (including phenoxy) is 1. The molecule has 0 saturated carbocycles. The van der Waals surface area contributed by atoms with E-state index in [9.17, 15) is 0 Å². The van der Waals surface area contributed by atoms with Crippen LogP contribution in [0.2, 0.25) is 0 Å². The molecule has 0 fully saturated rings. The maximum atomic E-state index is 5.61. The highest BCUT2D eigenvalue weighted by molar-refractivity contribution is 5.91. The summed E-state index contributed by atoms with van der Waals surface area (Å²) in [5.41, 5.74) is 4.57. The zero-order valence-corrected chi connectivity index (χ0v) is 10.4. The van der Waals surface area contributed by atoms with Crippen LogP contribution in [0.1, 0.15) is 36.0 Å². The minimum atomic E-state index is 0.544. The Labute approximate surface area is 101 Å². The fourth-order valence-electron chi connectivity index (χ4n) is 2.59. The minimum absolute atomic E-state index is 0.544. The third-order valence-corrected chi connectivity index (χ3v) is 3.59. The lowest BCUT2D eigenvalue weighted by Crippen LogP contribution is -2.02. The summed E-state index contributed by atoms with van der Waals surface area (Å²) < 4.78 is 11.2. The molecule has 2 aromatic rings. The van der Waals surface area contributed by atoms with Crippen molar-refractivity contribution >= 4 is 17.0 Å². The molecule has 1 atom stereocenters. The minimum Gasteiger partial charge on any atom is -0.492 e. The first-order valence-electron chi connectivity index (χ1n) is 5.97. The Kier molecular flexibility index (Phi) is 2.25. The predicted molar refractivity (Wildman–Crippen MR) is 69.6 cm³/mol. The number of fused-ring (bicyclic) bond motifs is 2. The van der Waals surface area contributed by atoms with E-state index in [-0.39, 0.29) is 0 Å². The molecule has 88 valence electrons. The summed E-state index contributed by atoms with van der Waals surface area (Å²) in [6.07, 6.45) is 7.24. The zero-order chi connectivity index (χ0) is 12.0. The fourth-order valence-corrected chi connectivity index (χ4v) is 2.59. The maximum absolute atomic E-state index is 5.61. The lowest BCUT2D eigenvalue weighted by molar-refractivity contribution is 0.408. The molecule has 0 aliphatic heterocycles. The van der Waals surface area contributed by atoms with Crippen LogP contribution in [0, 0.1) is 6.92 Å². The molecule has 1 aromatic carbocycles. The molecule has 1 heterocycles. The Bertz CT molecular complexity index is 605. The van der Waals surface area contributed by atoms with Gasteiger partial charge in [0.2, 0.25) is 0 Å². The van der Waals surface area contributed by atoms with Crippen LogP contribution in [0.4, 0.5) is 0 Å². The summed E-state index contributed by atoms with van der Waals surface area (Å²) in [7, 11) is 1.71. The normalized spacial score (nSPS) is 18.4. The first-order valence-corrected chi connectivity index (χ1v) is 5.97. The zero-order valence-electron chi connectivity index (χ0n) is 10.4. The third-order valence-electron chi connectivity index (χ3n) is 3.59. The molecule has 0 spiro atoms. The van der Waals surface area contributed by atoms with E-state index in [1.54, 1.807) is 13.4 Å². The number of hydrogen-bond acceptors (Lipinski definition) is 2. The van der Waals surface area contributed by atoms with E-state index in [2.05, 4.69) is 32.1 Å². The van der Waals surface area contributed by atoms with Crippen molar-refractivity contribution in [1.29, 1.82) is 0 Å². The molecule has 1 aromatic heterocycles. The van der Waals surface area contributed by atoms with Crippen LogP contribution in [-0.4, -0.2) is 7.11 Å². The molecule has 1 unspecified atom stereocenters. The predicted octanol–water partition coefficient (Wildman–Crippen LogP) is 4.27. The van der Waals surface area contributed by atoms with E-state index in [0.717, 1.165) is 17.8 Å². The molecule has 1 aliphatic rings.